The smallest absolute Gasteiger partial charge is 0.0204 e. The van der Waals surface area contributed by atoms with E-state index in [0.717, 1.165) is 12.0 Å². The van der Waals surface area contributed by atoms with Crippen LogP contribution in [0.2, 0.25) is 0 Å². The molecule has 0 saturated carbocycles. The van der Waals surface area contributed by atoms with Crippen LogP contribution in [-0.4, -0.2) is 49.1 Å². The van der Waals surface area contributed by atoms with Gasteiger partial charge in [0.15, 0.2) is 0 Å². The van der Waals surface area contributed by atoms with Crippen molar-refractivity contribution in [3.63, 3.8) is 0 Å². The number of hydrogen-bond donors (Lipinski definition) is 1. The first-order valence-electron chi connectivity index (χ1n) is 5.36. The molecule has 2 fully saturated rings. The molecular formula is C10H20N2S. The maximum Gasteiger partial charge on any atom is 0.0204 e. The second-order valence-corrected chi connectivity index (χ2v) is 5.41. The maximum atomic E-state index is 3.37. The molecule has 2 aliphatic heterocycles. The van der Waals surface area contributed by atoms with Gasteiger partial charge >= 0.3 is 0 Å². The lowest BCUT2D eigenvalue weighted by Crippen LogP contribution is -2.32. The van der Waals surface area contributed by atoms with Crippen molar-refractivity contribution in [2.24, 2.45) is 5.92 Å². The summed E-state index contributed by atoms with van der Waals surface area (Å²) in [5.74, 6) is 3.79. The second-order valence-electron chi connectivity index (χ2n) is 4.26. The molecule has 2 saturated heterocycles. The SMILES string of the molecule is CNC1CCN(CC2CCSC2)C1. The number of rotatable bonds is 3. The van der Waals surface area contributed by atoms with Crippen LogP contribution in [-0.2, 0) is 0 Å². The van der Waals surface area contributed by atoms with Crippen LogP contribution >= 0.6 is 11.8 Å². The van der Waals surface area contributed by atoms with Gasteiger partial charge in [-0.05, 0) is 43.9 Å². The lowest BCUT2D eigenvalue weighted by Gasteiger charge is -2.19. The molecule has 2 nitrogen and oxygen atoms in total. The molecule has 0 aromatic heterocycles. The predicted octanol–water partition coefficient (Wildman–Crippen LogP) is 1.03. The van der Waals surface area contributed by atoms with Crippen molar-refractivity contribution < 1.29 is 0 Å². The van der Waals surface area contributed by atoms with Crippen molar-refractivity contribution in [1.82, 2.24) is 10.2 Å². The Labute approximate surface area is 85.4 Å². The largest absolute Gasteiger partial charge is 0.316 e. The molecule has 2 aliphatic rings. The summed E-state index contributed by atoms with van der Waals surface area (Å²) < 4.78 is 0. The van der Waals surface area contributed by atoms with Crippen LogP contribution in [0, 0.1) is 5.92 Å². The third-order valence-electron chi connectivity index (χ3n) is 3.22. The van der Waals surface area contributed by atoms with Crippen molar-refractivity contribution in [1.29, 1.82) is 0 Å². The molecule has 0 spiro atoms. The quantitative estimate of drug-likeness (QED) is 0.732. The number of thioether (sulfide) groups is 1. The van der Waals surface area contributed by atoms with Crippen molar-refractivity contribution in [3.8, 4) is 0 Å². The molecule has 1 N–H and O–H groups in total. The summed E-state index contributed by atoms with van der Waals surface area (Å²) in [7, 11) is 2.08. The molecule has 0 aromatic carbocycles. The third-order valence-corrected chi connectivity index (χ3v) is 4.45. The predicted molar refractivity (Wildman–Crippen MR) is 59.3 cm³/mol. The first-order chi connectivity index (χ1) is 6.38. The van der Waals surface area contributed by atoms with E-state index in [1.807, 2.05) is 0 Å². The minimum Gasteiger partial charge on any atom is -0.316 e. The summed E-state index contributed by atoms with van der Waals surface area (Å²) in [6.07, 6.45) is 2.79. The highest BCUT2D eigenvalue weighted by Gasteiger charge is 2.24. The normalized spacial score (nSPS) is 35.8. The van der Waals surface area contributed by atoms with E-state index in [1.165, 1.54) is 44.0 Å². The molecule has 0 amide bonds. The van der Waals surface area contributed by atoms with Gasteiger partial charge in [-0.1, -0.05) is 0 Å². The van der Waals surface area contributed by atoms with Crippen LogP contribution < -0.4 is 5.32 Å². The maximum absolute atomic E-state index is 3.37. The number of nitrogens with zero attached hydrogens (tertiary/aromatic N) is 1. The van der Waals surface area contributed by atoms with Crippen LogP contribution in [0.1, 0.15) is 12.8 Å². The van der Waals surface area contributed by atoms with Gasteiger partial charge in [-0.15, -0.1) is 0 Å². The zero-order valence-corrected chi connectivity index (χ0v) is 9.28. The summed E-state index contributed by atoms with van der Waals surface area (Å²) in [5.41, 5.74) is 0. The highest BCUT2D eigenvalue weighted by atomic mass is 32.2. The number of nitrogens with one attached hydrogen (secondary N) is 1. The molecule has 13 heavy (non-hydrogen) atoms. The first kappa shape index (κ1) is 9.81. The number of hydrogen-bond acceptors (Lipinski definition) is 3. The molecule has 2 unspecified atom stereocenters. The minimum absolute atomic E-state index is 0.758. The zero-order valence-electron chi connectivity index (χ0n) is 8.46. The second kappa shape index (κ2) is 4.67. The van der Waals surface area contributed by atoms with Crippen molar-refractivity contribution in [3.05, 3.63) is 0 Å². The topological polar surface area (TPSA) is 15.3 Å². The van der Waals surface area contributed by atoms with Crippen LogP contribution in [0.4, 0.5) is 0 Å². The molecule has 3 heteroatoms. The van der Waals surface area contributed by atoms with Gasteiger partial charge in [0.25, 0.3) is 0 Å². The summed E-state index contributed by atoms with van der Waals surface area (Å²) in [4.78, 5) is 2.64. The summed E-state index contributed by atoms with van der Waals surface area (Å²) in [6, 6.07) is 0.758. The van der Waals surface area contributed by atoms with E-state index in [9.17, 15) is 0 Å². The first-order valence-corrected chi connectivity index (χ1v) is 6.51. The summed E-state index contributed by atoms with van der Waals surface area (Å²) in [6.45, 7) is 3.94. The fraction of sp³-hybridized carbons (Fsp3) is 1.00. The van der Waals surface area contributed by atoms with E-state index >= 15 is 0 Å². The number of likely N-dealkylation sites (tertiary alicyclic amines) is 1. The highest BCUT2D eigenvalue weighted by molar-refractivity contribution is 7.99. The molecule has 0 aliphatic carbocycles. The van der Waals surface area contributed by atoms with Gasteiger partial charge in [-0.3, -0.25) is 0 Å². The Balaban J connectivity index is 1.70. The molecule has 2 heterocycles. The van der Waals surface area contributed by atoms with Crippen LogP contribution in [0.5, 0.6) is 0 Å². The summed E-state index contributed by atoms with van der Waals surface area (Å²) >= 11 is 2.13. The van der Waals surface area contributed by atoms with Crippen LogP contribution in [0.25, 0.3) is 0 Å². The van der Waals surface area contributed by atoms with Gasteiger partial charge in [0, 0.05) is 19.1 Å². The van der Waals surface area contributed by atoms with E-state index < -0.39 is 0 Å². The molecule has 76 valence electrons. The van der Waals surface area contributed by atoms with Gasteiger partial charge in [0.2, 0.25) is 0 Å². The van der Waals surface area contributed by atoms with Gasteiger partial charge in [-0.25, -0.2) is 0 Å². The van der Waals surface area contributed by atoms with E-state index in [4.69, 9.17) is 0 Å². The zero-order chi connectivity index (χ0) is 9.10. The van der Waals surface area contributed by atoms with Crippen molar-refractivity contribution in [2.45, 2.75) is 18.9 Å². The van der Waals surface area contributed by atoms with E-state index in [0.29, 0.717) is 0 Å². The Morgan fingerprint density at radius 1 is 1.46 bits per heavy atom. The molecule has 2 rings (SSSR count). The monoisotopic (exact) mass is 200 g/mol. The highest BCUT2D eigenvalue weighted by Crippen LogP contribution is 2.25. The van der Waals surface area contributed by atoms with E-state index in [-0.39, 0.29) is 0 Å². The molecule has 0 bridgehead atoms. The van der Waals surface area contributed by atoms with Gasteiger partial charge < -0.3 is 10.2 Å². The average molecular weight is 200 g/mol. The van der Waals surface area contributed by atoms with Gasteiger partial charge in [0.1, 0.15) is 0 Å². The average Bonchev–Trinajstić information content (AvgIpc) is 2.76. The number of likely N-dealkylation sites (N-methyl/N-ethyl adjacent to an activating group) is 1. The fourth-order valence-electron chi connectivity index (χ4n) is 2.33. The molecule has 0 aromatic rings. The Morgan fingerprint density at radius 2 is 2.38 bits per heavy atom. The van der Waals surface area contributed by atoms with Crippen molar-refractivity contribution in [2.75, 3.05) is 38.2 Å². The van der Waals surface area contributed by atoms with Gasteiger partial charge in [0.05, 0.1) is 0 Å². The van der Waals surface area contributed by atoms with Gasteiger partial charge in [-0.2, -0.15) is 11.8 Å². The Bertz CT molecular complexity index is 157. The molecular weight excluding hydrogens is 180 g/mol. The van der Waals surface area contributed by atoms with Crippen LogP contribution in [0.15, 0.2) is 0 Å². The Kier molecular flexibility index (Phi) is 3.52. The lowest BCUT2D eigenvalue weighted by atomic mass is 10.1. The summed E-state index contributed by atoms with van der Waals surface area (Å²) in [5, 5.41) is 3.37. The van der Waals surface area contributed by atoms with Crippen molar-refractivity contribution >= 4 is 11.8 Å². The molecule has 0 radical (unpaired) electrons. The Morgan fingerprint density at radius 3 is 3.00 bits per heavy atom. The van der Waals surface area contributed by atoms with Crippen LogP contribution in [0.3, 0.4) is 0 Å². The van der Waals surface area contributed by atoms with E-state index in [1.54, 1.807) is 0 Å². The fourth-order valence-corrected chi connectivity index (χ4v) is 3.60. The van der Waals surface area contributed by atoms with E-state index in [2.05, 4.69) is 29.0 Å². The third kappa shape index (κ3) is 2.61. The minimum atomic E-state index is 0.758. The Hall–Kier alpha value is 0.270. The molecule has 2 atom stereocenters. The standard InChI is InChI=1S/C10H20N2S/c1-11-10-2-4-12(7-10)6-9-3-5-13-8-9/h9-11H,2-8H2,1H3. The lowest BCUT2D eigenvalue weighted by molar-refractivity contribution is 0.285.